The molecular weight excluding hydrogens is 456 g/mol. The fraction of sp³-hybridized carbons (Fsp3) is 0. The first kappa shape index (κ1) is 10.6. The normalized spacial score (nSPS) is 5.00. The van der Waals surface area contributed by atoms with Gasteiger partial charge >= 0.3 is 47.3 Å². The maximum absolute atomic E-state index is 8.58. The third-order valence-electron chi connectivity index (χ3n) is 0. The van der Waals surface area contributed by atoms with E-state index in [-0.39, 0.29) is 23.9 Å². The molecule has 0 aromatic carbocycles. The van der Waals surface area contributed by atoms with Gasteiger partial charge < -0.3 is 5.73 Å². The van der Waals surface area contributed by atoms with Gasteiger partial charge in [-0.25, -0.2) is 0 Å². The van der Waals surface area contributed by atoms with Crippen molar-refractivity contribution in [1.29, 1.82) is 0 Å². The Bertz CT molecular complexity index is 29.5. The molecule has 2 radical (unpaired) electrons. The van der Waals surface area contributed by atoms with Crippen molar-refractivity contribution in [2.75, 3.05) is 0 Å². The predicted molar refractivity (Wildman–Crippen MR) is 39.0 cm³/mol. The van der Waals surface area contributed by atoms with E-state index in [1.54, 1.807) is 0 Å². The molecule has 0 bridgehead atoms. The minimum absolute atomic E-state index is 0.134. The summed E-state index contributed by atoms with van der Waals surface area (Å²) in [6.45, 7) is 0. The monoisotopic (exact) mass is 459 g/mol. The number of primary amides is 1. The number of carbonyl (C=O) groups excluding carboxylic acids is 1. The number of hydrogen-bond acceptors (Lipinski definition) is 1. The first-order valence-corrected chi connectivity index (χ1v) is 20.3. The van der Waals surface area contributed by atoms with Crippen LogP contribution in [-0.2, 0) is 4.79 Å². The Hall–Kier alpha value is 1.60. The zero-order valence-corrected chi connectivity index (χ0v) is 10.4. The van der Waals surface area contributed by atoms with Crippen LogP contribution in [0.15, 0.2) is 0 Å². The van der Waals surface area contributed by atoms with Crippen LogP contribution >= 0.6 is 29.7 Å². The third kappa shape index (κ3) is 46.2. The van der Waals surface area contributed by atoms with Crippen LogP contribution in [0.3, 0.4) is 0 Å². The fourth-order valence-corrected chi connectivity index (χ4v) is 0. The van der Waals surface area contributed by atoms with Gasteiger partial charge in [0.2, 0.25) is 6.41 Å². The Balaban J connectivity index is 0. The van der Waals surface area contributed by atoms with E-state index < -0.39 is 0 Å². The maximum atomic E-state index is 8.58. The molecule has 2 N–H and O–H groups in total. The van der Waals surface area contributed by atoms with Gasteiger partial charge in [-0.2, -0.15) is 0 Å². The third-order valence-corrected chi connectivity index (χ3v) is 0. The summed E-state index contributed by atoms with van der Waals surface area (Å²) in [7, 11) is 0. The van der Waals surface area contributed by atoms with Crippen molar-refractivity contribution in [1.82, 2.24) is 0 Å². The molecule has 0 rings (SSSR count). The van der Waals surface area contributed by atoms with Crippen LogP contribution in [0.4, 0.5) is 0 Å². The van der Waals surface area contributed by atoms with Gasteiger partial charge in [-0.05, 0) is 0 Å². The summed E-state index contributed by atoms with van der Waals surface area (Å²) in [4.78, 5) is 8.58. The van der Waals surface area contributed by atoms with Gasteiger partial charge in [0.15, 0.2) is 0 Å². The van der Waals surface area contributed by atoms with Crippen LogP contribution in [0, 0.1) is 0 Å². The van der Waals surface area contributed by atoms with Crippen LogP contribution < -0.4 is 5.73 Å². The van der Waals surface area contributed by atoms with E-state index in [0.717, 1.165) is 0 Å². The molecule has 0 saturated heterocycles. The van der Waals surface area contributed by atoms with Crippen molar-refractivity contribution in [2.24, 2.45) is 5.73 Å². The number of carbonyl (C=O) groups is 1. The summed E-state index contributed by atoms with van der Waals surface area (Å²) in [5, 5.41) is 0. The number of halogens is 2. The molecule has 0 aromatic rings. The molecule has 0 saturated carbocycles. The minimum atomic E-state index is -0.134. The Labute approximate surface area is 63.2 Å². The molecule has 0 aliphatic heterocycles. The van der Waals surface area contributed by atoms with Crippen molar-refractivity contribution in [2.45, 2.75) is 0 Å². The summed E-state index contributed by atoms with van der Waals surface area (Å²) in [5.74, 6) is 0. The predicted octanol–water partition coefficient (Wildman–Crippen LogP) is 0.452. The van der Waals surface area contributed by atoms with Crippen LogP contribution in [0.2, 0.25) is 0 Å². The van der Waals surface area contributed by atoms with Gasteiger partial charge in [-0.3, -0.25) is 4.79 Å². The second-order valence-corrected chi connectivity index (χ2v) is 22.0. The molecule has 0 aliphatic rings. The number of amides is 1. The topological polar surface area (TPSA) is 43.1 Å². The summed E-state index contributed by atoms with van der Waals surface area (Å²) < 4.78 is 0. The van der Waals surface area contributed by atoms with Crippen molar-refractivity contribution < 1.29 is 4.79 Å². The quantitative estimate of drug-likeness (QED) is 0.320. The van der Waals surface area contributed by atoms with E-state index >= 15 is 0 Å². The molecule has 0 atom stereocenters. The van der Waals surface area contributed by atoms with Crippen LogP contribution in [-0.4, -0.2) is 23.9 Å². The van der Waals surface area contributed by atoms with Crippen molar-refractivity contribution >= 4 is 53.7 Å². The van der Waals surface area contributed by atoms with Crippen LogP contribution in [0.25, 0.3) is 0 Å². The van der Waals surface area contributed by atoms with Crippen molar-refractivity contribution in [3.8, 4) is 0 Å². The Morgan fingerprint density at radius 2 is 2.00 bits per heavy atom. The second-order valence-electron chi connectivity index (χ2n) is 0.208. The van der Waals surface area contributed by atoms with Crippen LogP contribution in [0.5, 0.6) is 0 Å². The molecule has 6 heavy (non-hydrogen) atoms. The Morgan fingerprint density at radius 3 is 2.00 bits per heavy atom. The summed E-state index contributed by atoms with van der Waals surface area (Å²) in [6, 6.07) is 0. The molecule has 2 nitrogen and oxygen atoms in total. The zero-order valence-electron chi connectivity index (χ0n) is 2.82. The SMILES string of the molecule is NC=O.[Br][Pb][I]. The second kappa shape index (κ2) is 16.0. The molecule has 0 heterocycles. The van der Waals surface area contributed by atoms with Gasteiger partial charge in [0.25, 0.3) is 0 Å². The van der Waals surface area contributed by atoms with Gasteiger partial charge in [0.05, 0.1) is 0 Å². The molecule has 5 heteroatoms. The molecule has 0 unspecified atom stereocenters. The molecule has 1 amide bonds. The molecule has 0 aliphatic carbocycles. The summed E-state index contributed by atoms with van der Waals surface area (Å²) >= 11 is 5.59. The summed E-state index contributed by atoms with van der Waals surface area (Å²) in [6.07, 6.45) is 0.250. The number of hydrogen-bond donors (Lipinski definition) is 1. The molecule has 0 spiro atoms. The molecule has 0 fully saturated rings. The average Bonchev–Trinajstić information content (AvgIpc) is 1.39. The molecule has 36 valence electrons. The van der Waals surface area contributed by atoms with Crippen molar-refractivity contribution in [3.63, 3.8) is 0 Å². The van der Waals surface area contributed by atoms with E-state index in [9.17, 15) is 0 Å². The van der Waals surface area contributed by atoms with Gasteiger partial charge in [0, 0.05) is 0 Å². The Kier molecular flexibility index (Phi) is 28.1. The standard InChI is InChI=1S/CH3NO.BrH.HI.Pb/c2-1-3;;;/h1H,(H2,2,3);2*1H;/q;;;+2/p-2. The number of rotatable bonds is 0. The Morgan fingerprint density at radius 1 is 2.00 bits per heavy atom. The van der Waals surface area contributed by atoms with Gasteiger partial charge in [-0.15, -0.1) is 0 Å². The average molecular weight is 459 g/mol. The van der Waals surface area contributed by atoms with E-state index in [1.807, 2.05) is 0 Å². The van der Waals surface area contributed by atoms with E-state index in [2.05, 4.69) is 35.5 Å². The first-order chi connectivity index (χ1) is 2.83. The molecule has 0 aromatic heterocycles. The van der Waals surface area contributed by atoms with Crippen LogP contribution in [0.1, 0.15) is 0 Å². The van der Waals surface area contributed by atoms with E-state index in [1.165, 1.54) is 0 Å². The van der Waals surface area contributed by atoms with E-state index in [4.69, 9.17) is 4.79 Å². The zero-order chi connectivity index (χ0) is 5.41. The van der Waals surface area contributed by atoms with Crippen molar-refractivity contribution in [3.05, 3.63) is 0 Å². The van der Waals surface area contributed by atoms with E-state index in [0.29, 0.717) is 0 Å². The number of nitrogens with two attached hydrogens (primary N) is 1. The molecular formula is CH3BrINOPb. The first-order valence-electron chi connectivity index (χ1n) is 0.947. The summed E-state index contributed by atoms with van der Waals surface area (Å²) in [5.41, 5.74) is 4.17. The van der Waals surface area contributed by atoms with Gasteiger partial charge in [0.1, 0.15) is 0 Å². The fourth-order valence-electron chi connectivity index (χ4n) is 0. The van der Waals surface area contributed by atoms with Gasteiger partial charge in [-0.1, -0.05) is 0 Å².